The maximum Gasteiger partial charge on any atom is 0.243 e. The summed E-state index contributed by atoms with van der Waals surface area (Å²) < 4.78 is 28.0. The second kappa shape index (κ2) is 10.3. The highest BCUT2D eigenvalue weighted by atomic mass is 32.2. The largest absolute Gasteiger partial charge is 0.340 e. The Labute approximate surface area is 182 Å². The number of hydrogen-bond acceptors (Lipinski definition) is 3. The van der Waals surface area contributed by atoms with E-state index in [9.17, 15) is 13.2 Å². The molecular formula is C24H38N2O3S. The zero-order chi connectivity index (χ0) is 21.7. The van der Waals surface area contributed by atoms with E-state index in [1.807, 2.05) is 17.0 Å². The van der Waals surface area contributed by atoms with E-state index in [-0.39, 0.29) is 17.9 Å². The van der Waals surface area contributed by atoms with Crippen molar-refractivity contribution in [2.75, 3.05) is 19.6 Å². The molecule has 1 aromatic rings. The monoisotopic (exact) mass is 434 g/mol. The lowest BCUT2D eigenvalue weighted by Gasteiger charge is -2.36. The standard InChI is InChI=1S/C24H38N2O3S/c1-4-6-15-26(19(3)5-2)24(27)21-13-16-25(17-14-21)30(28,29)23-12-11-20-9-7-8-10-22(20)18-23/h11-12,18-19,21H,4-10,13-17H2,1-3H3. The minimum absolute atomic E-state index is 0.0640. The van der Waals surface area contributed by atoms with Crippen LogP contribution in [0, 0.1) is 5.92 Å². The Morgan fingerprint density at radius 3 is 2.43 bits per heavy atom. The molecule has 1 aliphatic carbocycles. The van der Waals surface area contributed by atoms with Crippen molar-refractivity contribution in [1.82, 2.24) is 9.21 Å². The molecule has 1 saturated heterocycles. The highest BCUT2D eigenvalue weighted by Crippen LogP contribution is 2.29. The van der Waals surface area contributed by atoms with Gasteiger partial charge in [-0.3, -0.25) is 4.79 Å². The predicted molar refractivity (Wildman–Crippen MR) is 121 cm³/mol. The number of sulfonamides is 1. The van der Waals surface area contributed by atoms with Gasteiger partial charge in [-0.1, -0.05) is 26.3 Å². The molecule has 1 fully saturated rings. The Kier molecular flexibility index (Phi) is 7.97. The van der Waals surface area contributed by atoms with E-state index in [4.69, 9.17) is 0 Å². The molecule has 1 aromatic carbocycles. The molecule has 1 aliphatic heterocycles. The summed E-state index contributed by atoms with van der Waals surface area (Å²) in [6, 6.07) is 5.89. The maximum atomic E-state index is 13.2. The number of carbonyl (C=O) groups excluding carboxylic acids is 1. The average molecular weight is 435 g/mol. The zero-order valence-electron chi connectivity index (χ0n) is 18.9. The summed E-state index contributed by atoms with van der Waals surface area (Å²) in [5.41, 5.74) is 2.48. The number of carbonyl (C=O) groups is 1. The van der Waals surface area contributed by atoms with E-state index < -0.39 is 10.0 Å². The van der Waals surface area contributed by atoms with E-state index in [0.29, 0.717) is 30.8 Å². The number of hydrogen-bond donors (Lipinski definition) is 0. The van der Waals surface area contributed by atoms with Gasteiger partial charge in [0, 0.05) is 31.6 Å². The van der Waals surface area contributed by atoms with Gasteiger partial charge in [0.15, 0.2) is 0 Å². The van der Waals surface area contributed by atoms with Gasteiger partial charge in [-0.2, -0.15) is 4.31 Å². The van der Waals surface area contributed by atoms with Crippen molar-refractivity contribution in [2.45, 2.75) is 89.5 Å². The Morgan fingerprint density at radius 2 is 1.80 bits per heavy atom. The van der Waals surface area contributed by atoms with Crippen LogP contribution in [0.3, 0.4) is 0 Å². The lowest BCUT2D eigenvalue weighted by Crippen LogP contribution is -2.47. The van der Waals surface area contributed by atoms with Gasteiger partial charge in [0.1, 0.15) is 0 Å². The lowest BCUT2D eigenvalue weighted by atomic mass is 9.92. The Bertz CT molecular complexity index is 829. The summed E-state index contributed by atoms with van der Waals surface area (Å²) in [7, 11) is -3.49. The number of benzene rings is 1. The molecule has 0 bridgehead atoms. The quantitative estimate of drug-likeness (QED) is 0.610. The Hall–Kier alpha value is -1.40. The fraction of sp³-hybridized carbons (Fsp3) is 0.708. The van der Waals surface area contributed by atoms with Gasteiger partial charge >= 0.3 is 0 Å². The number of amides is 1. The number of piperidine rings is 1. The summed E-state index contributed by atoms with van der Waals surface area (Å²) in [6.07, 6.45) is 8.60. The summed E-state index contributed by atoms with van der Waals surface area (Å²) in [4.78, 5) is 15.6. The fourth-order valence-corrected chi connectivity index (χ4v) is 6.21. The van der Waals surface area contributed by atoms with E-state index in [0.717, 1.165) is 45.1 Å². The van der Waals surface area contributed by atoms with Crippen LogP contribution < -0.4 is 0 Å². The first-order valence-electron chi connectivity index (χ1n) is 11.8. The van der Waals surface area contributed by atoms with Crippen LogP contribution in [0.5, 0.6) is 0 Å². The van der Waals surface area contributed by atoms with Crippen LogP contribution in [0.25, 0.3) is 0 Å². The third-order valence-corrected chi connectivity index (χ3v) is 8.81. The zero-order valence-corrected chi connectivity index (χ0v) is 19.7. The van der Waals surface area contributed by atoms with Gasteiger partial charge in [0.25, 0.3) is 0 Å². The van der Waals surface area contributed by atoms with Crippen molar-refractivity contribution in [1.29, 1.82) is 0 Å². The molecule has 0 saturated carbocycles. The van der Waals surface area contributed by atoms with Gasteiger partial charge in [-0.15, -0.1) is 0 Å². The van der Waals surface area contributed by atoms with Gasteiger partial charge in [-0.25, -0.2) is 8.42 Å². The minimum Gasteiger partial charge on any atom is -0.340 e. The molecule has 1 atom stereocenters. The lowest BCUT2D eigenvalue weighted by molar-refractivity contribution is -0.139. The number of nitrogens with zero attached hydrogens (tertiary/aromatic N) is 2. The highest BCUT2D eigenvalue weighted by molar-refractivity contribution is 7.89. The van der Waals surface area contributed by atoms with Crippen LogP contribution in [-0.2, 0) is 27.7 Å². The summed E-state index contributed by atoms with van der Waals surface area (Å²) in [6.45, 7) is 8.03. The Morgan fingerprint density at radius 1 is 1.13 bits per heavy atom. The second-order valence-corrected chi connectivity index (χ2v) is 10.9. The number of unbranched alkanes of at least 4 members (excludes halogenated alkanes) is 1. The smallest absolute Gasteiger partial charge is 0.243 e. The molecule has 0 spiro atoms. The normalized spacial score (nSPS) is 19.3. The van der Waals surface area contributed by atoms with Crippen molar-refractivity contribution in [3.63, 3.8) is 0 Å². The predicted octanol–water partition coefficient (Wildman–Crippen LogP) is 4.39. The number of fused-ring (bicyclic) bond motifs is 1. The molecule has 1 amide bonds. The number of aryl methyl sites for hydroxylation is 2. The summed E-state index contributed by atoms with van der Waals surface area (Å²) >= 11 is 0. The third-order valence-electron chi connectivity index (χ3n) is 6.92. The SMILES string of the molecule is CCCCN(C(=O)C1CCN(S(=O)(=O)c2ccc3c(c2)CCCC3)CC1)C(C)CC. The average Bonchev–Trinajstić information content (AvgIpc) is 2.78. The van der Waals surface area contributed by atoms with Crippen LogP contribution in [0.4, 0.5) is 0 Å². The molecular weight excluding hydrogens is 396 g/mol. The van der Waals surface area contributed by atoms with Crippen molar-refractivity contribution < 1.29 is 13.2 Å². The minimum atomic E-state index is -3.49. The van der Waals surface area contributed by atoms with Crippen LogP contribution in [-0.4, -0.2) is 49.2 Å². The first kappa shape index (κ1) is 23.3. The van der Waals surface area contributed by atoms with Crippen LogP contribution in [0.2, 0.25) is 0 Å². The second-order valence-electron chi connectivity index (χ2n) is 8.96. The molecule has 3 rings (SSSR count). The summed E-state index contributed by atoms with van der Waals surface area (Å²) in [5, 5.41) is 0. The maximum absolute atomic E-state index is 13.2. The van der Waals surface area contributed by atoms with Crippen molar-refractivity contribution in [3.8, 4) is 0 Å². The molecule has 6 heteroatoms. The fourth-order valence-electron chi connectivity index (χ4n) is 4.69. The molecule has 30 heavy (non-hydrogen) atoms. The van der Waals surface area contributed by atoms with Gasteiger partial charge in [0.05, 0.1) is 4.90 Å². The molecule has 0 N–H and O–H groups in total. The molecule has 0 aromatic heterocycles. The van der Waals surface area contributed by atoms with Crippen LogP contribution in [0.15, 0.2) is 23.1 Å². The van der Waals surface area contributed by atoms with Crippen LogP contribution >= 0.6 is 0 Å². The topological polar surface area (TPSA) is 57.7 Å². The van der Waals surface area contributed by atoms with Gasteiger partial charge < -0.3 is 4.90 Å². The van der Waals surface area contributed by atoms with Crippen LogP contribution in [0.1, 0.15) is 76.8 Å². The molecule has 1 heterocycles. The molecule has 1 unspecified atom stereocenters. The highest BCUT2D eigenvalue weighted by Gasteiger charge is 2.34. The van der Waals surface area contributed by atoms with E-state index >= 15 is 0 Å². The first-order chi connectivity index (χ1) is 14.4. The Balaban J connectivity index is 1.66. The number of rotatable bonds is 8. The van der Waals surface area contributed by atoms with Crippen molar-refractivity contribution >= 4 is 15.9 Å². The van der Waals surface area contributed by atoms with E-state index in [2.05, 4.69) is 20.8 Å². The molecule has 0 radical (unpaired) electrons. The molecule has 5 nitrogen and oxygen atoms in total. The van der Waals surface area contributed by atoms with Gasteiger partial charge in [0.2, 0.25) is 15.9 Å². The molecule has 168 valence electrons. The molecule has 2 aliphatic rings. The van der Waals surface area contributed by atoms with Crippen molar-refractivity contribution in [3.05, 3.63) is 29.3 Å². The van der Waals surface area contributed by atoms with E-state index in [1.165, 1.54) is 17.5 Å². The van der Waals surface area contributed by atoms with Gasteiger partial charge in [-0.05, 0) is 81.5 Å². The van der Waals surface area contributed by atoms with Crippen molar-refractivity contribution in [2.24, 2.45) is 5.92 Å². The van der Waals surface area contributed by atoms with E-state index in [1.54, 1.807) is 10.4 Å². The summed E-state index contributed by atoms with van der Waals surface area (Å²) in [5.74, 6) is 0.148. The first-order valence-corrected chi connectivity index (χ1v) is 13.2. The third kappa shape index (κ3) is 5.08.